The number of hydrogen-bond acceptors (Lipinski definition) is 6. The van der Waals surface area contributed by atoms with Crippen LogP contribution in [0.15, 0.2) is 72.8 Å². The van der Waals surface area contributed by atoms with Crippen molar-refractivity contribution in [2.75, 3.05) is 26.2 Å². The van der Waals surface area contributed by atoms with Gasteiger partial charge >= 0.3 is 0 Å². The number of carbonyl (C=O) groups excluding carboxylic acids is 2. The Labute approximate surface area is 314 Å². The van der Waals surface area contributed by atoms with Crippen molar-refractivity contribution >= 4 is 45.2 Å². The first-order valence-corrected chi connectivity index (χ1v) is 18.1. The Balaban J connectivity index is 1.37. The molecule has 54 heavy (non-hydrogen) atoms. The van der Waals surface area contributed by atoms with E-state index in [0.717, 1.165) is 18.9 Å². The molecule has 0 fully saturated rings. The Morgan fingerprint density at radius 1 is 0.611 bits per heavy atom. The molecular weight excluding hydrogens is 717 g/mol. The van der Waals surface area contributed by atoms with Gasteiger partial charge in [-0.25, -0.2) is 13.2 Å². The summed E-state index contributed by atoms with van der Waals surface area (Å²) in [6.07, 6.45) is 2.82. The molecule has 0 spiro atoms. The van der Waals surface area contributed by atoms with Crippen LogP contribution in [0.4, 0.5) is 13.2 Å². The molecule has 0 aliphatic carbocycles. The second-order valence-electron chi connectivity index (χ2n) is 13.4. The third-order valence-corrected chi connectivity index (χ3v) is 9.66. The highest BCUT2D eigenvalue weighted by Crippen LogP contribution is 2.40. The standard InChI is InChI=1S/C40H42ClF3N8O2/c41-31-12-21(7-8-32(31)42)27-17-36-24(15-38(52-36)40(54)50-20-26(48)4-2-10-46)11-29(27)30-16-28(33(43)18-34(30)44)22-5-6-23-14-37(51-35(23)13-22)39(53)49-19-25(47)3-1-9-45/h5-8,11-18,25-26,51-52H,1-4,9-10,19-20,45-48H2,(H,49,53)(H,50,54)/t25-,26-/m0/s1. The van der Waals surface area contributed by atoms with Crippen molar-refractivity contribution in [3.8, 4) is 33.4 Å². The second-order valence-corrected chi connectivity index (χ2v) is 13.8. The van der Waals surface area contributed by atoms with E-state index in [2.05, 4.69) is 20.6 Å². The zero-order valence-corrected chi connectivity index (χ0v) is 30.1. The Morgan fingerprint density at radius 3 is 1.78 bits per heavy atom. The van der Waals surface area contributed by atoms with Gasteiger partial charge in [-0.3, -0.25) is 9.59 Å². The van der Waals surface area contributed by atoms with Crippen molar-refractivity contribution in [3.05, 3.63) is 107 Å². The molecule has 12 N–H and O–H groups in total. The summed E-state index contributed by atoms with van der Waals surface area (Å²) in [4.78, 5) is 32.1. The maximum Gasteiger partial charge on any atom is 0.267 e. The third-order valence-electron chi connectivity index (χ3n) is 9.37. The van der Waals surface area contributed by atoms with Crippen LogP contribution in [0.1, 0.15) is 46.7 Å². The van der Waals surface area contributed by atoms with Crippen LogP contribution in [0.3, 0.4) is 0 Å². The fraction of sp³-hybridized carbons (Fsp3) is 0.250. The van der Waals surface area contributed by atoms with Crippen LogP contribution in [0.25, 0.3) is 55.2 Å². The first kappa shape index (κ1) is 38.5. The molecule has 0 bridgehead atoms. The number of nitrogens with two attached hydrogens (primary N) is 4. The van der Waals surface area contributed by atoms with Gasteiger partial charge in [-0.2, -0.15) is 0 Å². The van der Waals surface area contributed by atoms with Gasteiger partial charge in [0.25, 0.3) is 11.8 Å². The van der Waals surface area contributed by atoms with Gasteiger partial charge in [-0.05, 0) is 110 Å². The monoisotopic (exact) mass is 758 g/mol. The molecule has 6 aromatic rings. The van der Waals surface area contributed by atoms with Gasteiger partial charge in [0.15, 0.2) is 0 Å². The number of nitrogens with one attached hydrogen (secondary N) is 4. The van der Waals surface area contributed by atoms with Gasteiger partial charge < -0.3 is 43.5 Å². The molecular formula is C40H42ClF3N8O2. The van der Waals surface area contributed by atoms with Gasteiger partial charge in [0.05, 0.1) is 5.02 Å². The molecule has 2 aromatic heterocycles. The topological polar surface area (TPSA) is 194 Å². The molecule has 282 valence electrons. The van der Waals surface area contributed by atoms with E-state index in [0.29, 0.717) is 75.7 Å². The number of H-pyrrole nitrogens is 2. The van der Waals surface area contributed by atoms with Crippen LogP contribution in [-0.2, 0) is 0 Å². The predicted molar refractivity (Wildman–Crippen MR) is 209 cm³/mol. The highest BCUT2D eigenvalue weighted by molar-refractivity contribution is 6.31. The number of aromatic amines is 2. The summed E-state index contributed by atoms with van der Waals surface area (Å²) in [6.45, 7) is 1.54. The fourth-order valence-electron chi connectivity index (χ4n) is 6.42. The van der Waals surface area contributed by atoms with Crippen molar-refractivity contribution in [2.45, 2.75) is 37.8 Å². The number of fused-ring (bicyclic) bond motifs is 2. The number of rotatable bonds is 15. The normalized spacial score (nSPS) is 12.7. The molecule has 0 aliphatic heterocycles. The number of hydrogen-bond donors (Lipinski definition) is 8. The average molecular weight is 759 g/mol. The lowest BCUT2D eigenvalue weighted by Crippen LogP contribution is -2.37. The lowest BCUT2D eigenvalue weighted by molar-refractivity contribution is 0.0938. The molecule has 0 aliphatic rings. The Hall–Kier alpha value is -5.18. The molecule has 2 heterocycles. The molecule has 2 amide bonds. The van der Waals surface area contributed by atoms with Crippen LogP contribution >= 0.6 is 11.6 Å². The molecule has 0 saturated carbocycles. The highest BCUT2D eigenvalue weighted by Gasteiger charge is 2.21. The molecule has 0 radical (unpaired) electrons. The van der Waals surface area contributed by atoms with Crippen LogP contribution in [0.2, 0.25) is 5.02 Å². The number of halogens is 4. The van der Waals surface area contributed by atoms with Gasteiger partial charge in [0.2, 0.25) is 0 Å². The average Bonchev–Trinajstić information content (AvgIpc) is 3.79. The SMILES string of the molecule is NCCC[C@H](N)CNC(=O)c1cc2ccc(-c3cc(-c4cc5cc(C(=O)NC[C@@H](N)CCCN)[nH]c5cc4-c4ccc(F)c(Cl)c4)c(F)cc3F)cc2[nH]1. The summed E-state index contributed by atoms with van der Waals surface area (Å²) in [5, 5.41) is 6.79. The van der Waals surface area contributed by atoms with E-state index in [9.17, 15) is 14.0 Å². The molecule has 2 atom stereocenters. The van der Waals surface area contributed by atoms with Crippen molar-refractivity contribution < 1.29 is 22.8 Å². The number of amides is 2. The van der Waals surface area contributed by atoms with Crippen LogP contribution in [0, 0.1) is 17.5 Å². The molecule has 10 nitrogen and oxygen atoms in total. The van der Waals surface area contributed by atoms with Gasteiger partial charge in [0.1, 0.15) is 28.8 Å². The van der Waals surface area contributed by atoms with Gasteiger partial charge in [-0.1, -0.05) is 29.8 Å². The van der Waals surface area contributed by atoms with Gasteiger partial charge in [0, 0.05) is 64.2 Å². The summed E-state index contributed by atoms with van der Waals surface area (Å²) in [6, 6.07) is 17.7. The van der Waals surface area contributed by atoms with E-state index >= 15 is 8.78 Å². The summed E-state index contributed by atoms with van der Waals surface area (Å²) < 4.78 is 45.8. The smallest absolute Gasteiger partial charge is 0.267 e. The summed E-state index contributed by atoms with van der Waals surface area (Å²) >= 11 is 6.18. The van der Waals surface area contributed by atoms with Gasteiger partial charge in [-0.15, -0.1) is 0 Å². The lowest BCUT2D eigenvalue weighted by Gasteiger charge is -2.15. The summed E-state index contributed by atoms with van der Waals surface area (Å²) in [7, 11) is 0. The second kappa shape index (κ2) is 16.9. The fourth-order valence-corrected chi connectivity index (χ4v) is 6.60. The molecule has 0 unspecified atom stereocenters. The van der Waals surface area contributed by atoms with Crippen molar-refractivity contribution in [3.63, 3.8) is 0 Å². The quantitative estimate of drug-likeness (QED) is 0.0604. The van der Waals surface area contributed by atoms with E-state index in [-0.39, 0.29) is 58.8 Å². The van der Waals surface area contributed by atoms with Crippen molar-refractivity contribution in [1.29, 1.82) is 0 Å². The van der Waals surface area contributed by atoms with Crippen molar-refractivity contribution in [2.24, 2.45) is 22.9 Å². The molecule has 4 aromatic carbocycles. The maximum atomic E-state index is 15.9. The first-order chi connectivity index (χ1) is 25.9. The zero-order chi connectivity index (χ0) is 38.5. The Kier molecular flexibility index (Phi) is 12.0. The summed E-state index contributed by atoms with van der Waals surface area (Å²) in [5.41, 5.74) is 26.8. The Morgan fingerprint density at radius 2 is 1.17 bits per heavy atom. The third kappa shape index (κ3) is 8.61. The number of aromatic nitrogens is 2. The van der Waals surface area contributed by atoms with E-state index in [4.69, 9.17) is 34.5 Å². The number of benzene rings is 4. The van der Waals surface area contributed by atoms with Crippen LogP contribution in [0.5, 0.6) is 0 Å². The first-order valence-electron chi connectivity index (χ1n) is 17.7. The molecule has 14 heteroatoms. The minimum absolute atomic E-state index is 0.0550. The number of carbonyl (C=O) groups is 2. The van der Waals surface area contributed by atoms with E-state index in [1.54, 1.807) is 42.5 Å². The lowest BCUT2D eigenvalue weighted by atomic mass is 9.90. The predicted octanol–water partition coefficient (Wildman–Crippen LogP) is 6.31. The van der Waals surface area contributed by atoms with Crippen LogP contribution < -0.4 is 33.6 Å². The van der Waals surface area contributed by atoms with E-state index < -0.39 is 17.5 Å². The van der Waals surface area contributed by atoms with E-state index in [1.807, 2.05) is 0 Å². The zero-order valence-electron chi connectivity index (χ0n) is 29.4. The van der Waals surface area contributed by atoms with Crippen LogP contribution in [-0.4, -0.2) is 60.0 Å². The maximum absolute atomic E-state index is 15.9. The minimum Gasteiger partial charge on any atom is -0.351 e. The molecule has 6 rings (SSSR count). The molecule has 0 saturated heterocycles. The van der Waals surface area contributed by atoms with E-state index in [1.165, 1.54) is 24.3 Å². The van der Waals surface area contributed by atoms with Crippen molar-refractivity contribution in [1.82, 2.24) is 20.6 Å². The summed E-state index contributed by atoms with van der Waals surface area (Å²) in [5.74, 6) is -3.00. The highest BCUT2D eigenvalue weighted by atomic mass is 35.5. The Bertz CT molecular complexity index is 2320. The largest absolute Gasteiger partial charge is 0.351 e. The minimum atomic E-state index is -0.838.